The summed E-state index contributed by atoms with van der Waals surface area (Å²) in [6.07, 6.45) is 3.39. The molecule has 158 valence electrons. The van der Waals surface area contributed by atoms with E-state index in [1.165, 1.54) is 11.1 Å². The standard InChI is InChI=1S/C25H30N2O2S/c1-3-16(4-2)23-24(28)26-22(20-13-17-9-5-6-10-18(17)14-20)25(29)27(23)15-19-11-7-8-12-21(19)30/h5-12,16,20,22-23,30H,3-4,13-15H2,1-2H3,(H,26,28)/t22-,23-/m1/s1. The number of nitrogens with zero attached hydrogens (tertiary/aromatic N) is 1. The quantitative estimate of drug-likeness (QED) is 0.691. The van der Waals surface area contributed by atoms with Crippen LogP contribution >= 0.6 is 12.6 Å². The van der Waals surface area contributed by atoms with Gasteiger partial charge in [0.2, 0.25) is 11.8 Å². The number of hydrogen-bond donors (Lipinski definition) is 2. The number of carbonyl (C=O) groups excluding carboxylic acids is 2. The van der Waals surface area contributed by atoms with Crippen LogP contribution in [0.15, 0.2) is 53.4 Å². The Hall–Kier alpha value is -2.27. The molecule has 2 aromatic carbocycles. The molecule has 5 heteroatoms. The molecule has 0 saturated carbocycles. The van der Waals surface area contributed by atoms with Gasteiger partial charge in [0.15, 0.2) is 0 Å². The average molecular weight is 423 g/mol. The molecule has 2 amide bonds. The highest BCUT2D eigenvalue weighted by atomic mass is 32.1. The van der Waals surface area contributed by atoms with Gasteiger partial charge in [-0.1, -0.05) is 69.2 Å². The molecule has 4 rings (SSSR count). The molecule has 0 bridgehead atoms. The Morgan fingerprint density at radius 2 is 1.60 bits per heavy atom. The Kier molecular flexibility index (Phi) is 6.19. The van der Waals surface area contributed by atoms with E-state index in [0.717, 1.165) is 36.1 Å². The van der Waals surface area contributed by atoms with Crippen LogP contribution in [-0.2, 0) is 29.0 Å². The third-order valence-electron chi connectivity index (χ3n) is 6.83. The van der Waals surface area contributed by atoms with Gasteiger partial charge in [-0.25, -0.2) is 0 Å². The Morgan fingerprint density at radius 1 is 1.00 bits per heavy atom. The van der Waals surface area contributed by atoms with Gasteiger partial charge >= 0.3 is 0 Å². The Labute approximate surface area is 184 Å². The van der Waals surface area contributed by atoms with Gasteiger partial charge in [-0.2, -0.15) is 0 Å². The van der Waals surface area contributed by atoms with Crippen LogP contribution in [0.4, 0.5) is 0 Å². The summed E-state index contributed by atoms with van der Waals surface area (Å²) in [7, 11) is 0. The molecule has 2 aromatic rings. The van der Waals surface area contributed by atoms with Gasteiger partial charge in [0.05, 0.1) is 0 Å². The molecule has 2 aliphatic rings. The minimum absolute atomic E-state index is 0.0131. The maximum atomic E-state index is 13.8. The van der Waals surface area contributed by atoms with Crippen LogP contribution in [0.1, 0.15) is 43.4 Å². The smallest absolute Gasteiger partial charge is 0.246 e. The number of amides is 2. The van der Waals surface area contributed by atoms with E-state index in [0.29, 0.717) is 6.54 Å². The van der Waals surface area contributed by atoms with Crippen molar-refractivity contribution >= 4 is 24.4 Å². The van der Waals surface area contributed by atoms with E-state index >= 15 is 0 Å². The second-order valence-corrected chi connectivity index (χ2v) is 9.02. The number of hydrogen-bond acceptors (Lipinski definition) is 3. The summed E-state index contributed by atoms with van der Waals surface area (Å²) in [4.78, 5) is 29.7. The molecule has 30 heavy (non-hydrogen) atoms. The molecule has 0 spiro atoms. The van der Waals surface area contributed by atoms with Crippen LogP contribution in [0.3, 0.4) is 0 Å². The summed E-state index contributed by atoms with van der Waals surface area (Å²) in [6.45, 7) is 4.61. The van der Waals surface area contributed by atoms with E-state index in [2.05, 4.69) is 43.9 Å². The average Bonchev–Trinajstić information content (AvgIpc) is 3.18. The van der Waals surface area contributed by atoms with Crippen molar-refractivity contribution in [1.29, 1.82) is 0 Å². The number of piperazine rings is 1. The molecule has 1 N–H and O–H groups in total. The van der Waals surface area contributed by atoms with Crippen LogP contribution in [0, 0.1) is 11.8 Å². The van der Waals surface area contributed by atoms with Crippen molar-refractivity contribution < 1.29 is 9.59 Å². The normalized spacial score (nSPS) is 21.8. The molecule has 0 radical (unpaired) electrons. The van der Waals surface area contributed by atoms with Gasteiger partial charge in [0.1, 0.15) is 12.1 Å². The van der Waals surface area contributed by atoms with Crippen molar-refractivity contribution in [1.82, 2.24) is 10.2 Å². The topological polar surface area (TPSA) is 49.4 Å². The second kappa shape index (κ2) is 8.84. The number of rotatable bonds is 6. The fourth-order valence-corrected chi connectivity index (χ4v) is 5.35. The first-order chi connectivity index (χ1) is 14.5. The van der Waals surface area contributed by atoms with Crippen molar-refractivity contribution in [3.8, 4) is 0 Å². The minimum atomic E-state index is -0.470. The zero-order valence-electron chi connectivity index (χ0n) is 17.7. The minimum Gasteiger partial charge on any atom is -0.342 e. The van der Waals surface area contributed by atoms with Gasteiger partial charge in [-0.05, 0) is 47.4 Å². The highest BCUT2D eigenvalue weighted by Gasteiger charge is 2.46. The van der Waals surface area contributed by atoms with Crippen molar-refractivity contribution in [2.75, 3.05) is 0 Å². The van der Waals surface area contributed by atoms with Crippen molar-refractivity contribution in [2.45, 2.75) is 63.1 Å². The lowest BCUT2D eigenvalue weighted by molar-refractivity contribution is -0.154. The zero-order valence-corrected chi connectivity index (χ0v) is 18.6. The molecule has 4 nitrogen and oxygen atoms in total. The summed E-state index contributed by atoms with van der Waals surface area (Å²) in [5.74, 6) is 0.278. The Morgan fingerprint density at radius 3 is 2.20 bits per heavy atom. The molecule has 0 unspecified atom stereocenters. The summed E-state index contributed by atoms with van der Waals surface area (Å²) in [6, 6.07) is 15.3. The molecule has 1 saturated heterocycles. The predicted molar refractivity (Wildman–Crippen MR) is 121 cm³/mol. The highest BCUT2D eigenvalue weighted by Crippen LogP contribution is 2.33. The largest absolute Gasteiger partial charge is 0.342 e. The maximum absolute atomic E-state index is 13.8. The van der Waals surface area contributed by atoms with E-state index in [-0.39, 0.29) is 23.7 Å². The van der Waals surface area contributed by atoms with Crippen LogP contribution in [0.2, 0.25) is 0 Å². The van der Waals surface area contributed by atoms with E-state index in [9.17, 15) is 9.59 Å². The number of thiol groups is 1. The second-order valence-electron chi connectivity index (χ2n) is 8.54. The monoisotopic (exact) mass is 422 g/mol. The summed E-state index contributed by atoms with van der Waals surface area (Å²) >= 11 is 4.58. The molecule has 1 aliphatic heterocycles. The van der Waals surface area contributed by atoms with Gasteiger partial charge in [-0.3, -0.25) is 9.59 Å². The van der Waals surface area contributed by atoms with Crippen molar-refractivity contribution in [3.05, 3.63) is 65.2 Å². The molecule has 2 atom stereocenters. The summed E-state index contributed by atoms with van der Waals surface area (Å²) < 4.78 is 0. The zero-order chi connectivity index (χ0) is 21.3. The fourth-order valence-electron chi connectivity index (χ4n) is 5.11. The van der Waals surface area contributed by atoms with Gasteiger partial charge < -0.3 is 10.2 Å². The molecular weight excluding hydrogens is 392 g/mol. The lowest BCUT2D eigenvalue weighted by Gasteiger charge is -2.43. The van der Waals surface area contributed by atoms with Crippen LogP contribution in [-0.4, -0.2) is 28.8 Å². The summed E-state index contributed by atoms with van der Waals surface area (Å²) in [5, 5.41) is 3.12. The first-order valence-electron chi connectivity index (χ1n) is 11.0. The van der Waals surface area contributed by atoms with Crippen molar-refractivity contribution in [3.63, 3.8) is 0 Å². The van der Waals surface area contributed by atoms with Gasteiger partial charge in [0, 0.05) is 11.4 Å². The lowest BCUT2D eigenvalue weighted by atomic mass is 9.86. The molecule has 1 heterocycles. The predicted octanol–water partition coefficient (Wildman–Crippen LogP) is 4.02. The third kappa shape index (κ3) is 3.87. The lowest BCUT2D eigenvalue weighted by Crippen LogP contribution is -2.66. The molecule has 1 fully saturated rings. The van der Waals surface area contributed by atoms with Crippen LogP contribution in [0.25, 0.3) is 0 Å². The van der Waals surface area contributed by atoms with Gasteiger partial charge in [-0.15, -0.1) is 12.6 Å². The van der Waals surface area contributed by atoms with Gasteiger partial charge in [0.25, 0.3) is 0 Å². The SMILES string of the molecule is CCC(CC)[C@@H]1C(=O)N[C@H](C2Cc3ccccc3C2)C(=O)N1Cc1ccccc1S. The summed E-state index contributed by atoms with van der Waals surface area (Å²) in [5.41, 5.74) is 3.56. The molecular formula is C25H30N2O2S. The third-order valence-corrected chi connectivity index (χ3v) is 7.27. The highest BCUT2D eigenvalue weighted by molar-refractivity contribution is 7.80. The van der Waals surface area contributed by atoms with E-state index < -0.39 is 12.1 Å². The van der Waals surface area contributed by atoms with Crippen molar-refractivity contribution in [2.24, 2.45) is 11.8 Å². The number of carbonyl (C=O) groups is 2. The maximum Gasteiger partial charge on any atom is 0.246 e. The molecule has 1 aliphatic carbocycles. The Balaban J connectivity index is 1.64. The first kappa shape index (κ1) is 21.0. The van der Waals surface area contributed by atoms with Crippen LogP contribution in [0.5, 0.6) is 0 Å². The fraction of sp³-hybridized carbons (Fsp3) is 0.440. The number of benzene rings is 2. The van der Waals surface area contributed by atoms with Crippen LogP contribution < -0.4 is 5.32 Å². The first-order valence-corrected chi connectivity index (χ1v) is 11.4. The Bertz CT molecular complexity index is 915. The number of fused-ring (bicyclic) bond motifs is 1. The molecule has 0 aromatic heterocycles. The van der Waals surface area contributed by atoms with E-state index in [1.54, 1.807) is 0 Å². The number of nitrogens with one attached hydrogen (secondary N) is 1. The van der Waals surface area contributed by atoms with E-state index in [4.69, 9.17) is 0 Å². The van der Waals surface area contributed by atoms with E-state index in [1.807, 2.05) is 41.3 Å².